The van der Waals surface area contributed by atoms with Crippen LogP contribution in [0.15, 0.2) is 36.5 Å². The van der Waals surface area contributed by atoms with E-state index in [1.54, 1.807) is 23.9 Å². The van der Waals surface area contributed by atoms with E-state index in [-0.39, 0.29) is 5.91 Å². The van der Waals surface area contributed by atoms with Gasteiger partial charge in [0.1, 0.15) is 5.69 Å². The highest BCUT2D eigenvalue weighted by molar-refractivity contribution is 7.22. The molecule has 3 rings (SSSR count). The summed E-state index contributed by atoms with van der Waals surface area (Å²) in [5.41, 5.74) is 7.41. The number of thiophene rings is 1. The summed E-state index contributed by atoms with van der Waals surface area (Å²) in [5.74, 6) is -0.222. The molecule has 6 nitrogen and oxygen atoms in total. The number of nitrogens with zero attached hydrogens (tertiary/aromatic N) is 1. The first kappa shape index (κ1) is 14.2. The molecule has 2 aromatic heterocycles. The van der Waals surface area contributed by atoms with Crippen molar-refractivity contribution in [2.45, 2.75) is 0 Å². The molecule has 0 aliphatic carbocycles. The van der Waals surface area contributed by atoms with E-state index >= 15 is 0 Å². The molecule has 0 atom stereocenters. The second-order valence-electron chi connectivity index (χ2n) is 4.85. The number of nitrogens with two attached hydrogens (primary N) is 1. The van der Waals surface area contributed by atoms with Crippen LogP contribution in [0.5, 0.6) is 0 Å². The number of hydrogen-bond acceptors (Lipinski definition) is 4. The molecule has 0 spiro atoms. The maximum Gasteiger partial charge on any atom is 0.272 e. The highest BCUT2D eigenvalue weighted by Gasteiger charge is 2.11. The summed E-state index contributed by atoms with van der Waals surface area (Å²) in [6.45, 7) is 0. The SMILES string of the molecule is Cn1cc(N)cc1C(=O)Nc1ccc2sc(NC=O)cc2c1. The summed E-state index contributed by atoms with van der Waals surface area (Å²) in [7, 11) is 1.77. The van der Waals surface area contributed by atoms with Gasteiger partial charge in [-0.2, -0.15) is 0 Å². The second-order valence-corrected chi connectivity index (χ2v) is 5.93. The average molecular weight is 314 g/mol. The Morgan fingerprint density at radius 1 is 1.32 bits per heavy atom. The first-order chi connectivity index (χ1) is 10.6. The Bertz CT molecular complexity index is 866. The minimum absolute atomic E-state index is 0.222. The number of rotatable bonds is 4. The molecule has 0 aliphatic rings. The molecule has 3 aromatic rings. The van der Waals surface area contributed by atoms with Crippen LogP contribution in [0.25, 0.3) is 10.1 Å². The van der Waals surface area contributed by atoms with E-state index in [0.717, 1.165) is 15.1 Å². The maximum atomic E-state index is 12.2. The number of aromatic nitrogens is 1. The second kappa shape index (κ2) is 5.53. The minimum atomic E-state index is -0.222. The van der Waals surface area contributed by atoms with Crippen LogP contribution in [0.3, 0.4) is 0 Å². The van der Waals surface area contributed by atoms with E-state index in [9.17, 15) is 9.59 Å². The zero-order chi connectivity index (χ0) is 15.7. The van der Waals surface area contributed by atoms with E-state index in [1.165, 1.54) is 11.3 Å². The van der Waals surface area contributed by atoms with Gasteiger partial charge in [-0.3, -0.25) is 9.59 Å². The molecule has 0 bridgehead atoms. The van der Waals surface area contributed by atoms with Crippen molar-refractivity contribution in [2.75, 3.05) is 16.4 Å². The van der Waals surface area contributed by atoms with Gasteiger partial charge in [-0.25, -0.2) is 0 Å². The first-order valence-corrected chi connectivity index (χ1v) is 7.35. The molecular weight excluding hydrogens is 300 g/mol. The molecule has 0 fully saturated rings. The molecule has 112 valence electrons. The van der Waals surface area contributed by atoms with Gasteiger partial charge in [-0.15, -0.1) is 11.3 Å². The van der Waals surface area contributed by atoms with Crippen LogP contribution in [-0.2, 0) is 11.8 Å². The highest BCUT2D eigenvalue weighted by atomic mass is 32.1. The van der Waals surface area contributed by atoms with Crippen molar-refractivity contribution >= 4 is 50.1 Å². The molecular formula is C15H14N4O2S. The molecule has 0 aliphatic heterocycles. The molecule has 0 saturated carbocycles. The van der Waals surface area contributed by atoms with E-state index < -0.39 is 0 Å². The Balaban J connectivity index is 1.85. The Morgan fingerprint density at radius 3 is 2.82 bits per heavy atom. The standard InChI is InChI=1S/C15H14N4O2S/c1-19-7-10(16)6-12(19)15(21)18-11-2-3-13-9(4-11)5-14(22-13)17-8-20/h2-8H,16H2,1H3,(H,17,20)(H,18,21). The van der Waals surface area contributed by atoms with Crippen LogP contribution < -0.4 is 16.4 Å². The molecule has 0 radical (unpaired) electrons. The van der Waals surface area contributed by atoms with E-state index in [4.69, 9.17) is 5.73 Å². The Labute approximate surface area is 130 Å². The van der Waals surface area contributed by atoms with Crippen LogP contribution in [0.1, 0.15) is 10.5 Å². The molecule has 22 heavy (non-hydrogen) atoms. The summed E-state index contributed by atoms with van der Waals surface area (Å²) in [4.78, 5) is 22.7. The fraction of sp³-hybridized carbons (Fsp3) is 0.0667. The van der Waals surface area contributed by atoms with Crippen molar-refractivity contribution in [3.05, 3.63) is 42.2 Å². The number of benzene rings is 1. The Hall–Kier alpha value is -2.80. The number of nitrogens with one attached hydrogen (secondary N) is 2. The first-order valence-electron chi connectivity index (χ1n) is 6.54. The fourth-order valence-corrected chi connectivity index (χ4v) is 3.16. The van der Waals surface area contributed by atoms with Gasteiger partial charge in [0.15, 0.2) is 0 Å². The zero-order valence-corrected chi connectivity index (χ0v) is 12.6. The van der Waals surface area contributed by atoms with Crippen LogP contribution in [-0.4, -0.2) is 16.9 Å². The van der Waals surface area contributed by atoms with Gasteiger partial charge in [0.2, 0.25) is 6.41 Å². The molecule has 2 amide bonds. The van der Waals surface area contributed by atoms with Crippen LogP contribution >= 0.6 is 11.3 Å². The number of carbonyl (C=O) groups excluding carboxylic acids is 2. The van der Waals surface area contributed by atoms with Crippen LogP contribution in [0.4, 0.5) is 16.4 Å². The van der Waals surface area contributed by atoms with Gasteiger partial charge in [-0.05, 0) is 35.7 Å². The lowest BCUT2D eigenvalue weighted by Gasteiger charge is -2.06. The molecule has 7 heteroatoms. The number of amides is 2. The molecule has 1 aromatic carbocycles. The van der Waals surface area contributed by atoms with Crippen molar-refractivity contribution in [1.29, 1.82) is 0 Å². The summed E-state index contributed by atoms with van der Waals surface area (Å²) in [5, 5.41) is 7.20. The molecule has 0 saturated heterocycles. The lowest BCUT2D eigenvalue weighted by molar-refractivity contribution is -0.105. The van der Waals surface area contributed by atoms with Gasteiger partial charge in [0, 0.05) is 23.6 Å². The van der Waals surface area contributed by atoms with Gasteiger partial charge >= 0.3 is 0 Å². The highest BCUT2D eigenvalue weighted by Crippen LogP contribution is 2.31. The van der Waals surface area contributed by atoms with E-state index in [0.29, 0.717) is 23.5 Å². The summed E-state index contributed by atoms with van der Waals surface area (Å²) < 4.78 is 2.71. The number of nitrogen functional groups attached to an aromatic ring is 1. The summed E-state index contributed by atoms with van der Waals surface area (Å²) in [6.07, 6.45) is 2.33. The monoisotopic (exact) mass is 314 g/mol. The number of anilines is 3. The third-order valence-electron chi connectivity index (χ3n) is 3.23. The molecule has 2 heterocycles. The van der Waals surface area contributed by atoms with Gasteiger partial charge in [0.05, 0.1) is 10.7 Å². The third kappa shape index (κ3) is 2.66. The minimum Gasteiger partial charge on any atom is -0.397 e. The Morgan fingerprint density at radius 2 is 2.14 bits per heavy atom. The lowest BCUT2D eigenvalue weighted by atomic mass is 10.2. The zero-order valence-electron chi connectivity index (χ0n) is 11.8. The number of fused-ring (bicyclic) bond motifs is 1. The van der Waals surface area contributed by atoms with E-state index in [2.05, 4.69) is 10.6 Å². The van der Waals surface area contributed by atoms with Crippen molar-refractivity contribution in [1.82, 2.24) is 4.57 Å². The summed E-state index contributed by atoms with van der Waals surface area (Å²) >= 11 is 1.48. The fourth-order valence-electron chi connectivity index (χ4n) is 2.26. The molecule has 4 N–H and O–H groups in total. The largest absolute Gasteiger partial charge is 0.397 e. The van der Waals surface area contributed by atoms with Crippen molar-refractivity contribution in [3.8, 4) is 0 Å². The topological polar surface area (TPSA) is 89.2 Å². The smallest absolute Gasteiger partial charge is 0.272 e. The summed E-state index contributed by atoms with van der Waals surface area (Å²) in [6, 6.07) is 9.10. The lowest BCUT2D eigenvalue weighted by Crippen LogP contribution is -2.15. The predicted molar refractivity (Wildman–Crippen MR) is 89.3 cm³/mol. The number of hydrogen-bond donors (Lipinski definition) is 3. The van der Waals surface area contributed by atoms with Crippen molar-refractivity contribution in [2.24, 2.45) is 7.05 Å². The number of carbonyl (C=O) groups is 2. The Kier molecular flexibility index (Phi) is 3.56. The average Bonchev–Trinajstić information content (AvgIpc) is 3.01. The number of aryl methyl sites for hydroxylation is 1. The maximum absolute atomic E-state index is 12.2. The van der Waals surface area contributed by atoms with Gasteiger partial charge in [-0.1, -0.05) is 0 Å². The normalized spacial score (nSPS) is 10.6. The van der Waals surface area contributed by atoms with Gasteiger partial charge < -0.3 is 20.9 Å². The van der Waals surface area contributed by atoms with Crippen molar-refractivity contribution in [3.63, 3.8) is 0 Å². The van der Waals surface area contributed by atoms with Crippen LogP contribution in [0.2, 0.25) is 0 Å². The third-order valence-corrected chi connectivity index (χ3v) is 4.28. The van der Waals surface area contributed by atoms with E-state index in [1.807, 2.05) is 24.3 Å². The van der Waals surface area contributed by atoms with Crippen LogP contribution in [0, 0.1) is 0 Å². The van der Waals surface area contributed by atoms with Gasteiger partial charge in [0.25, 0.3) is 5.91 Å². The molecule has 0 unspecified atom stereocenters. The quantitative estimate of drug-likeness (QED) is 0.647. The van der Waals surface area contributed by atoms with Crippen molar-refractivity contribution < 1.29 is 9.59 Å². The predicted octanol–water partition coefficient (Wildman–Crippen LogP) is 2.64.